The van der Waals surface area contributed by atoms with Crippen LogP contribution < -0.4 is 0 Å². The van der Waals surface area contributed by atoms with Crippen molar-refractivity contribution in [3.63, 3.8) is 0 Å². The molecule has 0 saturated heterocycles. The molecule has 3 heteroatoms. The Hall–Kier alpha value is -2.29. The van der Waals surface area contributed by atoms with E-state index < -0.39 is 0 Å². The Morgan fingerprint density at radius 3 is 1.85 bits per heavy atom. The number of ketones is 1. The number of benzene rings is 2. The van der Waals surface area contributed by atoms with E-state index in [9.17, 15) is 15.0 Å². The highest BCUT2D eigenvalue weighted by molar-refractivity contribution is 6.12. The monoisotopic (exact) mass is 270 g/mol. The second-order valence-electron chi connectivity index (χ2n) is 5.83. The van der Waals surface area contributed by atoms with Gasteiger partial charge in [0.25, 0.3) is 0 Å². The van der Waals surface area contributed by atoms with Crippen LogP contribution in [0, 0.1) is 0 Å². The SMILES string of the molecule is CC(C)(C)c1ccc(C(=O)c2c(O)cccc2O)cc1. The maximum atomic E-state index is 12.3. The molecule has 0 amide bonds. The summed E-state index contributed by atoms with van der Waals surface area (Å²) in [5.41, 5.74) is 1.51. The fraction of sp³-hybridized carbons (Fsp3) is 0.235. The molecule has 2 aromatic carbocycles. The van der Waals surface area contributed by atoms with Gasteiger partial charge in [-0.3, -0.25) is 4.79 Å². The number of carbonyl (C=O) groups is 1. The topological polar surface area (TPSA) is 57.5 Å². The van der Waals surface area contributed by atoms with Crippen LogP contribution in [0.3, 0.4) is 0 Å². The normalized spacial score (nSPS) is 11.3. The summed E-state index contributed by atoms with van der Waals surface area (Å²) < 4.78 is 0. The van der Waals surface area contributed by atoms with Crippen LogP contribution in [0.2, 0.25) is 0 Å². The average molecular weight is 270 g/mol. The Labute approximate surface area is 118 Å². The van der Waals surface area contributed by atoms with Crippen molar-refractivity contribution in [1.82, 2.24) is 0 Å². The van der Waals surface area contributed by atoms with Gasteiger partial charge in [0.15, 0.2) is 5.78 Å². The third-order valence-electron chi connectivity index (χ3n) is 3.26. The minimum absolute atomic E-state index is 0.0125. The molecule has 0 heterocycles. The first-order chi connectivity index (χ1) is 9.30. The summed E-state index contributed by atoms with van der Waals surface area (Å²) in [5, 5.41) is 19.5. The van der Waals surface area contributed by atoms with Crippen LogP contribution >= 0.6 is 0 Å². The largest absolute Gasteiger partial charge is 0.507 e. The number of hydrogen-bond acceptors (Lipinski definition) is 3. The van der Waals surface area contributed by atoms with Crippen LogP contribution in [0.25, 0.3) is 0 Å². The van der Waals surface area contributed by atoms with Crippen molar-refractivity contribution in [2.24, 2.45) is 0 Å². The zero-order chi connectivity index (χ0) is 14.9. The highest BCUT2D eigenvalue weighted by atomic mass is 16.3. The fourth-order valence-corrected chi connectivity index (χ4v) is 2.03. The van der Waals surface area contributed by atoms with Gasteiger partial charge in [-0.2, -0.15) is 0 Å². The van der Waals surface area contributed by atoms with Crippen LogP contribution in [0.5, 0.6) is 11.5 Å². The summed E-state index contributed by atoms with van der Waals surface area (Å²) >= 11 is 0. The smallest absolute Gasteiger partial charge is 0.200 e. The second-order valence-corrected chi connectivity index (χ2v) is 5.83. The molecule has 0 fully saturated rings. The van der Waals surface area contributed by atoms with E-state index in [0.717, 1.165) is 5.56 Å². The number of phenols is 2. The summed E-state index contributed by atoms with van der Waals surface area (Å²) in [7, 11) is 0. The molecular weight excluding hydrogens is 252 g/mol. The molecule has 0 saturated carbocycles. The van der Waals surface area contributed by atoms with E-state index in [1.165, 1.54) is 18.2 Å². The Balaban J connectivity index is 2.40. The first kappa shape index (κ1) is 14.1. The standard InChI is InChI=1S/C17H18O3/c1-17(2,3)12-9-7-11(8-10-12)16(20)15-13(18)5-4-6-14(15)19/h4-10,18-19H,1-3H3. The first-order valence-electron chi connectivity index (χ1n) is 6.47. The number of phenolic OH excluding ortho intramolecular Hbond substituents is 2. The molecule has 0 aliphatic carbocycles. The molecule has 0 aromatic heterocycles. The van der Waals surface area contributed by atoms with Crippen molar-refractivity contribution in [2.45, 2.75) is 26.2 Å². The Kier molecular flexibility index (Phi) is 3.53. The van der Waals surface area contributed by atoms with Crippen molar-refractivity contribution in [1.29, 1.82) is 0 Å². The predicted octanol–water partition coefficient (Wildman–Crippen LogP) is 3.63. The molecule has 0 unspecified atom stereocenters. The lowest BCUT2D eigenvalue weighted by molar-refractivity contribution is 0.103. The molecule has 0 aliphatic heterocycles. The molecule has 0 bridgehead atoms. The molecule has 104 valence electrons. The van der Waals surface area contributed by atoms with Gasteiger partial charge in [-0.1, -0.05) is 51.1 Å². The van der Waals surface area contributed by atoms with Crippen molar-refractivity contribution in [2.75, 3.05) is 0 Å². The van der Waals surface area contributed by atoms with Crippen molar-refractivity contribution in [3.05, 3.63) is 59.2 Å². The third kappa shape index (κ3) is 2.67. The molecule has 20 heavy (non-hydrogen) atoms. The molecule has 2 rings (SSSR count). The third-order valence-corrected chi connectivity index (χ3v) is 3.26. The molecule has 0 atom stereocenters. The van der Waals surface area contributed by atoms with Gasteiger partial charge in [0.1, 0.15) is 17.1 Å². The van der Waals surface area contributed by atoms with Crippen LogP contribution in [-0.2, 0) is 5.41 Å². The van der Waals surface area contributed by atoms with Gasteiger partial charge in [-0.05, 0) is 23.1 Å². The molecule has 3 nitrogen and oxygen atoms in total. The quantitative estimate of drug-likeness (QED) is 0.819. The highest BCUT2D eigenvalue weighted by Gasteiger charge is 2.19. The molecular formula is C17H18O3. The number of rotatable bonds is 2. The van der Waals surface area contributed by atoms with Gasteiger partial charge in [0.2, 0.25) is 0 Å². The Bertz CT molecular complexity index is 614. The summed E-state index contributed by atoms with van der Waals surface area (Å²) in [6.45, 7) is 6.29. The second kappa shape index (κ2) is 5.00. The summed E-state index contributed by atoms with van der Waals surface area (Å²) in [6.07, 6.45) is 0. The fourth-order valence-electron chi connectivity index (χ4n) is 2.03. The van der Waals surface area contributed by atoms with E-state index in [0.29, 0.717) is 5.56 Å². The van der Waals surface area contributed by atoms with Crippen LogP contribution in [0.15, 0.2) is 42.5 Å². The molecule has 0 spiro atoms. The lowest BCUT2D eigenvalue weighted by Crippen LogP contribution is -2.11. The zero-order valence-electron chi connectivity index (χ0n) is 11.8. The maximum absolute atomic E-state index is 12.3. The zero-order valence-corrected chi connectivity index (χ0v) is 11.8. The van der Waals surface area contributed by atoms with Gasteiger partial charge in [-0.25, -0.2) is 0 Å². The summed E-state index contributed by atoms with van der Waals surface area (Å²) in [5.74, 6) is -0.814. The first-order valence-corrected chi connectivity index (χ1v) is 6.47. The van der Waals surface area contributed by atoms with E-state index in [4.69, 9.17) is 0 Å². The molecule has 0 radical (unpaired) electrons. The summed E-state index contributed by atoms with van der Waals surface area (Å²) in [6, 6.07) is 11.5. The van der Waals surface area contributed by atoms with E-state index in [2.05, 4.69) is 20.8 Å². The number of hydrogen-bond donors (Lipinski definition) is 2. The van der Waals surface area contributed by atoms with Crippen molar-refractivity contribution >= 4 is 5.78 Å². The lowest BCUT2D eigenvalue weighted by atomic mass is 9.86. The average Bonchev–Trinajstić information content (AvgIpc) is 2.37. The van der Waals surface area contributed by atoms with Gasteiger partial charge in [0.05, 0.1) is 0 Å². The van der Waals surface area contributed by atoms with E-state index in [1.54, 1.807) is 12.1 Å². The Morgan fingerprint density at radius 2 is 1.40 bits per heavy atom. The Morgan fingerprint density at radius 1 is 0.900 bits per heavy atom. The van der Waals surface area contributed by atoms with E-state index in [1.807, 2.05) is 12.1 Å². The van der Waals surface area contributed by atoms with Crippen LogP contribution in [0.1, 0.15) is 42.3 Å². The van der Waals surface area contributed by atoms with Gasteiger partial charge >= 0.3 is 0 Å². The molecule has 2 aromatic rings. The van der Waals surface area contributed by atoms with Gasteiger partial charge in [0, 0.05) is 5.56 Å². The predicted molar refractivity (Wildman–Crippen MR) is 78.3 cm³/mol. The van der Waals surface area contributed by atoms with Gasteiger partial charge in [-0.15, -0.1) is 0 Å². The minimum Gasteiger partial charge on any atom is -0.507 e. The number of aromatic hydroxyl groups is 2. The van der Waals surface area contributed by atoms with Crippen LogP contribution in [0.4, 0.5) is 0 Å². The highest BCUT2D eigenvalue weighted by Crippen LogP contribution is 2.29. The molecule has 2 N–H and O–H groups in total. The summed E-state index contributed by atoms with van der Waals surface area (Å²) in [4.78, 5) is 12.3. The van der Waals surface area contributed by atoms with E-state index in [-0.39, 0.29) is 28.3 Å². The van der Waals surface area contributed by atoms with Gasteiger partial charge < -0.3 is 10.2 Å². The number of carbonyl (C=O) groups excluding carboxylic acids is 1. The molecule has 0 aliphatic rings. The van der Waals surface area contributed by atoms with Crippen molar-refractivity contribution in [3.8, 4) is 11.5 Å². The van der Waals surface area contributed by atoms with Crippen molar-refractivity contribution < 1.29 is 15.0 Å². The lowest BCUT2D eigenvalue weighted by Gasteiger charge is -2.19. The van der Waals surface area contributed by atoms with E-state index >= 15 is 0 Å². The van der Waals surface area contributed by atoms with Crippen LogP contribution in [-0.4, -0.2) is 16.0 Å². The minimum atomic E-state index is -0.388. The maximum Gasteiger partial charge on any atom is 0.200 e.